The van der Waals surface area contributed by atoms with Crippen LogP contribution >= 0.6 is 0 Å². The van der Waals surface area contributed by atoms with Gasteiger partial charge in [-0.2, -0.15) is 0 Å². The topological polar surface area (TPSA) is 29.9 Å². The Kier molecular flexibility index (Phi) is 2.86. The van der Waals surface area contributed by atoms with E-state index in [2.05, 4.69) is 48.9 Å². The third-order valence-corrected chi connectivity index (χ3v) is 3.96. The van der Waals surface area contributed by atoms with Crippen molar-refractivity contribution in [3.8, 4) is 0 Å². The Bertz CT molecular complexity index is 562. The average Bonchev–Trinajstić information content (AvgIpc) is 2.93. The molecule has 1 saturated heterocycles. The van der Waals surface area contributed by atoms with E-state index in [0.717, 1.165) is 24.4 Å². The fourth-order valence-electron chi connectivity index (χ4n) is 2.91. The summed E-state index contributed by atoms with van der Waals surface area (Å²) in [6.45, 7) is 8.79. The molecule has 2 aromatic rings. The highest BCUT2D eigenvalue weighted by Gasteiger charge is 2.20. The maximum Gasteiger partial charge on any atom is 0.107 e. The Balaban J connectivity index is 2.16. The van der Waals surface area contributed by atoms with Crippen molar-refractivity contribution in [1.29, 1.82) is 0 Å². The molecule has 0 unspecified atom stereocenters. The summed E-state index contributed by atoms with van der Waals surface area (Å²) in [6, 6.07) is 7.25. The summed E-state index contributed by atoms with van der Waals surface area (Å²) < 4.78 is 2.42. The van der Waals surface area contributed by atoms with E-state index in [-0.39, 0.29) is 0 Å². The van der Waals surface area contributed by atoms with Gasteiger partial charge in [-0.1, -0.05) is 19.9 Å². The van der Waals surface area contributed by atoms with Crippen molar-refractivity contribution < 1.29 is 0 Å². The summed E-state index contributed by atoms with van der Waals surface area (Å²) in [5.74, 6) is 1.71. The number of rotatable bonds is 2. The Morgan fingerprint density at radius 1 is 1.39 bits per heavy atom. The van der Waals surface area contributed by atoms with Crippen LogP contribution in [0.5, 0.6) is 0 Å². The average molecular weight is 243 g/mol. The molecule has 0 saturated carbocycles. The van der Waals surface area contributed by atoms with Crippen molar-refractivity contribution in [3.05, 3.63) is 29.6 Å². The molecule has 1 aliphatic rings. The van der Waals surface area contributed by atoms with Crippen LogP contribution in [0.2, 0.25) is 0 Å². The van der Waals surface area contributed by atoms with E-state index in [4.69, 9.17) is 4.98 Å². The molecule has 1 aromatic carbocycles. The van der Waals surface area contributed by atoms with Crippen LogP contribution in [0.15, 0.2) is 18.2 Å². The Hall–Kier alpha value is -1.35. The number of aryl methyl sites for hydroxylation is 1. The number of hydrogen-bond donors (Lipinski definition) is 1. The third kappa shape index (κ3) is 1.83. The van der Waals surface area contributed by atoms with Crippen molar-refractivity contribution >= 4 is 11.0 Å². The van der Waals surface area contributed by atoms with Crippen LogP contribution < -0.4 is 5.32 Å². The molecule has 0 amide bonds. The highest BCUT2D eigenvalue weighted by molar-refractivity contribution is 5.77. The zero-order chi connectivity index (χ0) is 12.7. The lowest BCUT2D eigenvalue weighted by atomic mass is 10.0. The largest absolute Gasteiger partial charge is 0.324 e. The molecule has 3 heteroatoms. The zero-order valence-electron chi connectivity index (χ0n) is 11.4. The first-order chi connectivity index (χ1) is 8.66. The molecule has 0 bridgehead atoms. The van der Waals surface area contributed by atoms with E-state index in [1.807, 2.05) is 0 Å². The van der Waals surface area contributed by atoms with Gasteiger partial charge in [0.2, 0.25) is 0 Å². The normalized spacial score (nSPS) is 20.1. The Morgan fingerprint density at radius 2 is 2.22 bits per heavy atom. The highest BCUT2D eigenvalue weighted by Crippen LogP contribution is 2.27. The van der Waals surface area contributed by atoms with Crippen LogP contribution in [-0.2, 0) is 0 Å². The van der Waals surface area contributed by atoms with Gasteiger partial charge >= 0.3 is 0 Å². The van der Waals surface area contributed by atoms with Crippen LogP contribution in [0.25, 0.3) is 11.0 Å². The van der Waals surface area contributed by atoms with Crippen molar-refractivity contribution in [1.82, 2.24) is 14.9 Å². The summed E-state index contributed by atoms with van der Waals surface area (Å²) in [5, 5.41) is 3.44. The van der Waals surface area contributed by atoms with Crippen molar-refractivity contribution in [2.45, 2.75) is 39.2 Å². The fraction of sp³-hybridized carbons (Fsp3) is 0.533. The van der Waals surface area contributed by atoms with Gasteiger partial charge in [0.1, 0.15) is 5.82 Å². The Labute approximate surface area is 108 Å². The molecular weight excluding hydrogens is 222 g/mol. The van der Waals surface area contributed by atoms with Crippen LogP contribution in [0.1, 0.15) is 43.6 Å². The molecule has 3 rings (SSSR count). The minimum atomic E-state index is 0.567. The maximum absolute atomic E-state index is 4.69. The molecule has 0 aliphatic carbocycles. The molecule has 1 fully saturated rings. The second kappa shape index (κ2) is 4.39. The second-order valence-electron chi connectivity index (χ2n) is 5.58. The summed E-state index contributed by atoms with van der Waals surface area (Å²) >= 11 is 0. The first-order valence-electron chi connectivity index (χ1n) is 6.86. The fourth-order valence-corrected chi connectivity index (χ4v) is 2.91. The van der Waals surface area contributed by atoms with Crippen LogP contribution in [0, 0.1) is 6.92 Å². The van der Waals surface area contributed by atoms with Gasteiger partial charge in [-0.05, 0) is 43.5 Å². The number of nitrogens with one attached hydrogen (secondary N) is 1. The molecule has 0 spiro atoms. The molecule has 0 radical (unpaired) electrons. The van der Waals surface area contributed by atoms with Gasteiger partial charge in [-0.15, -0.1) is 0 Å². The predicted molar refractivity (Wildman–Crippen MR) is 75.1 cm³/mol. The predicted octanol–water partition coefficient (Wildman–Crippen LogP) is 3.00. The summed E-state index contributed by atoms with van der Waals surface area (Å²) in [7, 11) is 0. The number of nitrogens with zero attached hydrogens (tertiary/aromatic N) is 2. The Morgan fingerprint density at radius 3 is 2.89 bits per heavy atom. The molecule has 18 heavy (non-hydrogen) atoms. The van der Waals surface area contributed by atoms with Gasteiger partial charge in [0, 0.05) is 12.6 Å². The van der Waals surface area contributed by atoms with Crippen molar-refractivity contribution in [2.75, 3.05) is 13.1 Å². The molecule has 3 nitrogen and oxygen atoms in total. The summed E-state index contributed by atoms with van der Waals surface area (Å²) in [6.07, 6.45) is 1.21. The second-order valence-corrected chi connectivity index (χ2v) is 5.58. The number of fused-ring (bicyclic) bond motifs is 1. The van der Waals surface area contributed by atoms with Gasteiger partial charge in [-0.25, -0.2) is 4.98 Å². The first kappa shape index (κ1) is 11.7. The molecule has 1 atom stereocenters. The molecule has 96 valence electrons. The smallest absolute Gasteiger partial charge is 0.107 e. The van der Waals surface area contributed by atoms with E-state index in [1.54, 1.807) is 0 Å². The lowest BCUT2D eigenvalue weighted by Gasteiger charge is -2.15. The van der Waals surface area contributed by atoms with E-state index in [0.29, 0.717) is 12.0 Å². The maximum atomic E-state index is 4.69. The molecule has 1 aromatic heterocycles. The van der Waals surface area contributed by atoms with Crippen molar-refractivity contribution in [2.24, 2.45) is 0 Å². The van der Waals surface area contributed by atoms with Gasteiger partial charge in [0.25, 0.3) is 0 Å². The van der Waals surface area contributed by atoms with Crippen LogP contribution in [0.3, 0.4) is 0 Å². The summed E-state index contributed by atoms with van der Waals surface area (Å²) in [4.78, 5) is 4.69. The van der Waals surface area contributed by atoms with E-state index in [9.17, 15) is 0 Å². The monoisotopic (exact) mass is 243 g/mol. The summed E-state index contributed by atoms with van der Waals surface area (Å²) in [5.41, 5.74) is 3.82. The van der Waals surface area contributed by atoms with Gasteiger partial charge in [0.05, 0.1) is 11.0 Å². The minimum Gasteiger partial charge on any atom is -0.324 e. The SMILES string of the molecule is Cc1nc2ccc(C(C)C)cc2n1[C@@H]1CCNC1. The highest BCUT2D eigenvalue weighted by atomic mass is 15.1. The number of hydrogen-bond acceptors (Lipinski definition) is 2. The number of aromatic nitrogens is 2. The van der Waals surface area contributed by atoms with E-state index in [1.165, 1.54) is 17.5 Å². The molecular formula is C15H21N3. The molecule has 2 heterocycles. The third-order valence-electron chi connectivity index (χ3n) is 3.96. The van der Waals surface area contributed by atoms with Gasteiger partial charge < -0.3 is 9.88 Å². The van der Waals surface area contributed by atoms with E-state index >= 15 is 0 Å². The lowest BCUT2D eigenvalue weighted by molar-refractivity contribution is 0.547. The van der Waals surface area contributed by atoms with Gasteiger partial charge in [0.15, 0.2) is 0 Å². The van der Waals surface area contributed by atoms with Crippen LogP contribution in [-0.4, -0.2) is 22.6 Å². The zero-order valence-corrected chi connectivity index (χ0v) is 11.4. The quantitative estimate of drug-likeness (QED) is 0.878. The van der Waals surface area contributed by atoms with Crippen LogP contribution in [0.4, 0.5) is 0 Å². The molecule has 1 aliphatic heterocycles. The first-order valence-corrected chi connectivity index (χ1v) is 6.86. The van der Waals surface area contributed by atoms with Crippen molar-refractivity contribution in [3.63, 3.8) is 0 Å². The van der Waals surface area contributed by atoms with Gasteiger partial charge in [-0.3, -0.25) is 0 Å². The minimum absolute atomic E-state index is 0.567. The number of imidazole rings is 1. The number of benzene rings is 1. The van der Waals surface area contributed by atoms with E-state index < -0.39 is 0 Å². The lowest BCUT2D eigenvalue weighted by Crippen LogP contribution is -2.14. The molecule has 1 N–H and O–H groups in total. The standard InChI is InChI=1S/C15H21N3/c1-10(2)12-4-5-14-15(8-12)18(11(3)17-14)13-6-7-16-9-13/h4-5,8,10,13,16H,6-7,9H2,1-3H3/t13-/m1/s1.